The number of rotatable bonds is 5. The minimum Gasteiger partial charge on any atom is -0.503 e. The first-order valence-corrected chi connectivity index (χ1v) is 5.30. The Labute approximate surface area is 110 Å². The van der Waals surface area contributed by atoms with Crippen LogP contribution < -0.4 is 5.32 Å². The van der Waals surface area contributed by atoms with Gasteiger partial charge < -0.3 is 20.6 Å². The van der Waals surface area contributed by atoms with Crippen molar-refractivity contribution in [3.05, 3.63) is 29.1 Å². The Morgan fingerprint density at radius 3 is 2.35 bits per heavy atom. The average molecular weight is 293 g/mol. The van der Waals surface area contributed by atoms with Gasteiger partial charge in [0.25, 0.3) is 5.91 Å². The van der Waals surface area contributed by atoms with Crippen molar-refractivity contribution in [2.75, 3.05) is 6.61 Å². The van der Waals surface area contributed by atoms with Crippen molar-refractivity contribution in [1.29, 1.82) is 0 Å². The van der Waals surface area contributed by atoms with E-state index in [1.54, 1.807) is 0 Å². The van der Waals surface area contributed by atoms with Crippen LogP contribution >= 0.6 is 0 Å². The number of hydrogen-bond acceptors (Lipinski definition) is 4. The molecule has 1 aromatic carbocycles. The molecular weight excluding hydrogens is 283 g/mol. The van der Waals surface area contributed by atoms with Crippen molar-refractivity contribution >= 4 is 11.9 Å². The number of carbonyl (C=O) groups excluding carboxylic acids is 1. The first kappa shape index (κ1) is 15.8. The summed E-state index contributed by atoms with van der Waals surface area (Å²) >= 11 is 0. The molecule has 0 saturated carbocycles. The molecule has 0 aromatic heterocycles. The summed E-state index contributed by atoms with van der Waals surface area (Å²) < 4.78 is 39.2. The number of aliphatic hydroxyl groups is 1. The van der Waals surface area contributed by atoms with Crippen LogP contribution in [0, 0.1) is 17.5 Å². The van der Waals surface area contributed by atoms with Crippen LogP contribution in [-0.2, 0) is 4.79 Å². The summed E-state index contributed by atoms with van der Waals surface area (Å²) in [6.45, 7) is -0.567. The van der Waals surface area contributed by atoms with E-state index in [0.29, 0.717) is 0 Å². The van der Waals surface area contributed by atoms with Crippen molar-refractivity contribution < 1.29 is 38.1 Å². The molecule has 0 radical (unpaired) electrons. The number of benzene rings is 1. The van der Waals surface area contributed by atoms with E-state index in [9.17, 15) is 22.8 Å². The number of amides is 1. The summed E-state index contributed by atoms with van der Waals surface area (Å²) in [4.78, 5) is 22.3. The Hall–Kier alpha value is -2.29. The van der Waals surface area contributed by atoms with Gasteiger partial charge in [-0.1, -0.05) is 0 Å². The van der Waals surface area contributed by atoms with Crippen molar-refractivity contribution in [2.45, 2.75) is 12.5 Å². The number of phenolic OH excluding ortho intramolecular Hbond substituents is 1. The largest absolute Gasteiger partial charge is 0.503 e. The predicted octanol–water partition coefficient (Wildman–Crippen LogP) is 0.375. The smallest absolute Gasteiger partial charge is 0.326 e. The Morgan fingerprint density at radius 2 is 1.85 bits per heavy atom. The first-order chi connectivity index (χ1) is 9.29. The molecule has 0 aliphatic heterocycles. The quantitative estimate of drug-likeness (QED) is 0.587. The molecule has 1 rings (SSSR count). The molecule has 0 aliphatic rings. The molecule has 0 fully saturated rings. The minimum absolute atomic E-state index is 0.192. The van der Waals surface area contributed by atoms with Crippen LogP contribution in [0.5, 0.6) is 5.75 Å². The summed E-state index contributed by atoms with van der Waals surface area (Å²) in [5.41, 5.74) is -1.05. The minimum atomic E-state index is -1.86. The van der Waals surface area contributed by atoms with Crippen LogP contribution in [0.4, 0.5) is 13.2 Å². The number of phenols is 1. The number of hydrogen-bond donors (Lipinski definition) is 4. The lowest BCUT2D eigenvalue weighted by molar-refractivity contribution is -0.139. The first-order valence-electron chi connectivity index (χ1n) is 5.30. The maximum Gasteiger partial charge on any atom is 0.326 e. The second-order valence-corrected chi connectivity index (χ2v) is 3.76. The molecule has 1 atom stereocenters. The van der Waals surface area contributed by atoms with E-state index in [2.05, 4.69) is 0 Å². The Bertz CT molecular complexity index is 549. The average Bonchev–Trinajstić information content (AvgIpc) is 2.39. The van der Waals surface area contributed by atoms with Gasteiger partial charge in [-0.05, 0) is 6.07 Å². The van der Waals surface area contributed by atoms with E-state index in [-0.39, 0.29) is 12.5 Å². The highest BCUT2D eigenvalue weighted by molar-refractivity contribution is 5.97. The monoisotopic (exact) mass is 293 g/mol. The Balaban J connectivity index is 3.07. The summed E-state index contributed by atoms with van der Waals surface area (Å²) in [5.74, 6) is -9.77. The number of carboxylic acid groups (broad SMARTS) is 1. The number of nitrogens with one attached hydrogen (secondary N) is 1. The second-order valence-electron chi connectivity index (χ2n) is 3.76. The van der Waals surface area contributed by atoms with Gasteiger partial charge in [0.2, 0.25) is 5.82 Å². The van der Waals surface area contributed by atoms with Crippen LogP contribution in [0.15, 0.2) is 6.07 Å². The molecule has 0 heterocycles. The van der Waals surface area contributed by atoms with Gasteiger partial charge in [0.05, 0.1) is 5.56 Å². The zero-order valence-electron chi connectivity index (χ0n) is 9.86. The molecule has 0 aliphatic carbocycles. The van der Waals surface area contributed by atoms with Crippen molar-refractivity contribution in [2.24, 2.45) is 0 Å². The van der Waals surface area contributed by atoms with E-state index in [4.69, 9.17) is 15.3 Å². The van der Waals surface area contributed by atoms with Crippen LogP contribution in [0.2, 0.25) is 0 Å². The lowest BCUT2D eigenvalue weighted by atomic mass is 10.1. The van der Waals surface area contributed by atoms with Crippen molar-refractivity contribution in [3.8, 4) is 5.75 Å². The molecule has 4 N–H and O–H groups in total. The molecule has 20 heavy (non-hydrogen) atoms. The topological polar surface area (TPSA) is 107 Å². The van der Waals surface area contributed by atoms with Crippen LogP contribution in [0.3, 0.4) is 0 Å². The molecule has 6 nitrogen and oxygen atoms in total. The van der Waals surface area contributed by atoms with Gasteiger partial charge >= 0.3 is 5.97 Å². The highest BCUT2D eigenvalue weighted by atomic mass is 19.2. The van der Waals surface area contributed by atoms with Gasteiger partial charge in [0.1, 0.15) is 6.04 Å². The Kier molecular flexibility index (Phi) is 4.92. The van der Waals surface area contributed by atoms with Gasteiger partial charge in [0, 0.05) is 13.0 Å². The van der Waals surface area contributed by atoms with E-state index in [1.807, 2.05) is 5.32 Å². The highest BCUT2D eigenvalue weighted by Gasteiger charge is 2.26. The number of halogens is 3. The summed E-state index contributed by atoms with van der Waals surface area (Å²) in [5, 5.41) is 28.1. The lowest BCUT2D eigenvalue weighted by Gasteiger charge is -2.14. The van der Waals surface area contributed by atoms with E-state index >= 15 is 0 Å². The third kappa shape index (κ3) is 3.18. The number of aliphatic carboxylic acids is 1. The Morgan fingerprint density at radius 1 is 1.25 bits per heavy atom. The van der Waals surface area contributed by atoms with Gasteiger partial charge in [0.15, 0.2) is 17.4 Å². The molecule has 0 saturated heterocycles. The predicted molar refractivity (Wildman–Crippen MR) is 58.6 cm³/mol. The number of aromatic hydroxyl groups is 1. The summed E-state index contributed by atoms with van der Waals surface area (Å²) in [7, 11) is 0. The highest BCUT2D eigenvalue weighted by Crippen LogP contribution is 2.25. The van der Waals surface area contributed by atoms with Crippen LogP contribution in [0.25, 0.3) is 0 Å². The lowest BCUT2D eigenvalue weighted by Crippen LogP contribution is -2.41. The second kappa shape index (κ2) is 6.24. The van der Waals surface area contributed by atoms with Gasteiger partial charge in [-0.2, -0.15) is 4.39 Å². The molecule has 1 aromatic rings. The fraction of sp³-hybridized carbons (Fsp3) is 0.273. The summed E-state index contributed by atoms with van der Waals surface area (Å²) in [6, 6.07) is -1.35. The number of carbonyl (C=O) groups is 2. The molecular formula is C11H10F3NO5. The molecule has 1 amide bonds. The SMILES string of the molecule is O=C(N[C@@H](CCO)C(=O)O)c1cc(F)c(F)c(O)c1F. The molecule has 110 valence electrons. The van der Waals surface area contributed by atoms with E-state index < -0.39 is 53.3 Å². The van der Waals surface area contributed by atoms with Crippen LogP contribution in [0.1, 0.15) is 16.8 Å². The van der Waals surface area contributed by atoms with Gasteiger partial charge in [-0.25, -0.2) is 13.6 Å². The number of carboxylic acids is 1. The molecule has 0 spiro atoms. The normalized spacial score (nSPS) is 12.0. The van der Waals surface area contributed by atoms with Crippen molar-refractivity contribution in [3.63, 3.8) is 0 Å². The maximum absolute atomic E-state index is 13.4. The fourth-order valence-corrected chi connectivity index (χ4v) is 1.38. The maximum atomic E-state index is 13.4. The molecule has 0 unspecified atom stereocenters. The van der Waals surface area contributed by atoms with Crippen molar-refractivity contribution in [1.82, 2.24) is 5.32 Å². The van der Waals surface area contributed by atoms with Gasteiger partial charge in [-0.15, -0.1) is 0 Å². The van der Waals surface area contributed by atoms with E-state index in [1.165, 1.54) is 0 Å². The summed E-state index contributed by atoms with van der Waals surface area (Å²) in [6.07, 6.45) is -0.363. The third-order valence-corrected chi connectivity index (χ3v) is 2.40. The van der Waals surface area contributed by atoms with Crippen LogP contribution in [-0.4, -0.2) is 39.8 Å². The standard InChI is InChI=1S/C11H10F3NO5/c12-5-3-4(7(13)9(17)8(5)14)10(18)15-6(1-2-16)11(19)20/h3,6,16-17H,1-2H2,(H,15,18)(H,19,20)/t6-/m0/s1. The zero-order chi connectivity index (χ0) is 15.4. The van der Waals surface area contributed by atoms with E-state index in [0.717, 1.165) is 0 Å². The third-order valence-electron chi connectivity index (χ3n) is 2.40. The number of aliphatic hydroxyl groups excluding tert-OH is 1. The fourth-order valence-electron chi connectivity index (χ4n) is 1.38. The molecule has 9 heteroatoms. The van der Waals surface area contributed by atoms with Gasteiger partial charge in [-0.3, -0.25) is 4.79 Å². The zero-order valence-corrected chi connectivity index (χ0v) is 9.86. The molecule has 0 bridgehead atoms.